The number of carbonyl (C=O) groups is 1. The van der Waals surface area contributed by atoms with Crippen LogP contribution in [0.15, 0.2) is 0 Å². The lowest BCUT2D eigenvalue weighted by molar-refractivity contribution is -0.122. The van der Waals surface area contributed by atoms with Crippen molar-refractivity contribution in [3.8, 4) is 0 Å². The molecule has 0 aromatic rings. The molecule has 0 aromatic heterocycles. The highest BCUT2D eigenvalue weighted by molar-refractivity contribution is 5.85. The van der Waals surface area contributed by atoms with Gasteiger partial charge in [-0.2, -0.15) is 0 Å². The van der Waals surface area contributed by atoms with Crippen LogP contribution in [-0.4, -0.2) is 5.78 Å². The van der Waals surface area contributed by atoms with Crippen molar-refractivity contribution < 1.29 is 4.79 Å². The predicted molar refractivity (Wildman–Crippen MR) is 60.5 cm³/mol. The van der Waals surface area contributed by atoms with Crippen molar-refractivity contribution >= 4 is 5.78 Å². The normalized spacial score (nSPS) is 51.9. The van der Waals surface area contributed by atoms with Gasteiger partial charge in [0.2, 0.25) is 0 Å². The topological polar surface area (TPSA) is 17.1 Å². The van der Waals surface area contributed by atoms with E-state index < -0.39 is 0 Å². The molecule has 1 spiro atoms. The number of hydrogen-bond acceptors (Lipinski definition) is 1. The minimum atomic E-state index is 0.431. The average molecular weight is 206 g/mol. The zero-order valence-corrected chi connectivity index (χ0v) is 10.2. The van der Waals surface area contributed by atoms with Gasteiger partial charge in [-0.1, -0.05) is 20.8 Å². The zero-order chi connectivity index (χ0) is 10.8. The molecular formula is C14H22O. The van der Waals surface area contributed by atoms with Gasteiger partial charge in [0, 0.05) is 12.3 Å². The number of hydrogen-bond donors (Lipinski definition) is 0. The summed E-state index contributed by atoms with van der Waals surface area (Å²) in [6.07, 6.45) is 5.98. The Morgan fingerprint density at radius 3 is 2.73 bits per heavy atom. The van der Waals surface area contributed by atoms with Gasteiger partial charge in [0.1, 0.15) is 5.78 Å². The number of Topliss-reactive ketones (excluding diaryl/α,β-unsaturated/α-hetero) is 1. The van der Waals surface area contributed by atoms with E-state index in [0.717, 1.165) is 18.3 Å². The maximum atomic E-state index is 12.0. The van der Waals surface area contributed by atoms with E-state index in [2.05, 4.69) is 20.8 Å². The molecule has 3 rings (SSSR count). The Labute approximate surface area is 92.6 Å². The highest BCUT2D eigenvalue weighted by Gasteiger charge is 2.65. The van der Waals surface area contributed by atoms with E-state index in [1.54, 1.807) is 0 Å². The van der Waals surface area contributed by atoms with E-state index in [0.29, 0.717) is 22.5 Å². The summed E-state index contributed by atoms with van der Waals surface area (Å²) >= 11 is 0. The van der Waals surface area contributed by atoms with Gasteiger partial charge in [0.15, 0.2) is 0 Å². The summed E-state index contributed by atoms with van der Waals surface area (Å²) < 4.78 is 0. The Morgan fingerprint density at radius 2 is 2.00 bits per heavy atom. The molecule has 0 radical (unpaired) electrons. The van der Waals surface area contributed by atoms with Gasteiger partial charge >= 0.3 is 0 Å². The first kappa shape index (κ1) is 9.86. The van der Waals surface area contributed by atoms with Crippen molar-refractivity contribution in [2.45, 2.75) is 52.9 Å². The van der Waals surface area contributed by atoms with Crippen molar-refractivity contribution in [2.24, 2.45) is 28.6 Å². The molecule has 3 saturated carbocycles. The third-order valence-electron chi connectivity index (χ3n) is 5.63. The van der Waals surface area contributed by atoms with Gasteiger partial charge in [0.25, 0.3) is 0 Å². The minimum absolute atomic E-state index is 0.431. The van der Waals surface area contributed by atoms with Crippen LogP contribution in [0.4, 0.5) is 0 Å². The lowest BCUT2D eigenvalue weighted by Crippen LogP contribution is -2.31. The molecule has 4 atom stereocenters. The quantitative estimate of drug-likeness (QED) is 0.593. The fourth-order valence-electron chi connectivity index (χ4n) is 5.29. The smallest absolute Gasteiger partial charge is 0.136 e. The largest absolute Gasteiger partial charge is 0.299 e. The van der Waals surface area contributed by atoms with Crippen LogP contribution < -0.4 is 0 Å². The molecule has 3 aliphatic rings. The molecule has 1 heteroatoms. The summed E-state index contributed by atoms with van der Waals surface area (Å²) in [5.74, 6) is 2.56. The Morgan fingerprint density at radius 1 is 1.27 bits per heavy atom. The second kappa shape index (κ2) is 2.67. The van der Waals surface area contributed by atoms with Crippen molar-refractivity contribution in [1.82, 2.24) is 0 Å². The minimum Gasteiger partial charge on any atom is -0.299 e. The summed E-state index contributed by atoms with van der Waals surface area (Å²) in [7, 11) is 0. The van der Waals surface area contributed by atoms with Gasteiger partial charge in [-0.05, 0) is 48.3 Å². The van der Waals surface area contributed by atoms with Crippen molar-refractivity contribution in [1.29, 1.82) is 0 Å². The van der Waals surface area contributed by atoms with Crippen molar-refractivity contribution in [3.63, 3.8) is 0 Å². The predicted octanol–water partition coefficient (Wildman–Crippen LogP) is 3.43. The van der Waals surface area contributed by atoms with Crippen LogP contribution in [-0.2, 0) is 4.79 Å². The molecule has 0 bridgehead atoms. The van der Waals surface area contributed by atoms with Gasteiger partial charge in [-0.25, -0.2) is 0 Å². The summed E-state index contributed by atoms with van der Waals surface area (Å²) in [4.78, 5) is 12.0. The molecule has 0 aromatic carbocycles. The van der Waals surface area contributed by atoms with Crippen LogP contribution in [0.2, 0.25) is 0 Å². The highest BCUT2D eigenvalue weighted by Crippen LogP contribution is 2.69. The van der Waals surface area contributed by atoms with Gasteiger partial charge in [0.05, 0.1) is 0 Å². The monoisotopic (exact) mass is 206 g/mol. The first-order chi connectivity index (χ1) is 6.96. The summed E-state index contributed by atoms with van der Waals surface area (Å²) in [5, 5.41) is 0. The first-order valence-corrected chi connectivity index (χ1v) is 6.48. The van der Waals surface area contributed by atoms with E-state index in [1.165, 1.54) is 25.7 Å². The summed E-state index contributed by atoms with van der Waals surface area (Å²) in [6.45, 7) is 7.19. The lowest BCUT2D eigenvalue weighted by atomic mass is 9.69. The molecule has 0 amide bonds. The molecule has 1 nitrogen and oxygen atoms in total. The van der Waals surface area contributed by atoms with Crippen LogP contribution >= 0.6 is 0 Å². The molecule has 0 N–H and O–H groups in total. The molecule has 3 aliphatic carbocycles. The Hall–Kier alpha value is -0.330. The Kier molecular flexibility index (Phi) is 1.76. The van der Waals surface area contributed by atoms with Crippen LogP contribution in [0.1, 0.15) is 52.9 Å². The third-order valence-corrected chi connectivity index (χ3v) is 5.63. The van der Waals surface area contributed by atoms with E-state index >= 15 is 0 Å². The summed E-state index contributed by atoms with van der Waals surface area (Å²) in [5.41, 5.74) is 0.919. The van der Waals surface area contributed by atoms with Gasteiger partial charge < -0.3 is 0 Å². The zero-order valence-electron chi connectivity index (χ0n) is 10.2. The van der Waals surface area contributed by atoms with Crippen LogP contribution in [0.5, 0.6) is 0 Å². The number of carbonyl (C=O) groups excluding carboxylic acids is 1. The SMILES string of the molecule is C[C@H]1CCC2C(=O)C[C@H]3CC(C)(C)C[C@@]231. The standard InChI is InChI=1S/C14H22O/c1-9-4-5-11-12(15)6-10-7-13(2,3)8-14(9,10)11/h9-11H,4-8H2,1-3H3/t9-,10-,11?,14-/m0/s1. The van der Waals surface area contributed by atoms with Crippen molar-refractivity contribution in [3.05, 3.63) is 0 Å². The lowest BCUT2D eigenvalue weighted by Gasteiger charge is -2.34. The molecule has 84 valence electrons. The molecular weight excluding hydrogens is 184 g/mol. The van der Waals surface area contributed by atoms with Crippen molar-refractivity contribution in [2.75, 3.05) is 0 Å². The van der Waals surface area contributed by atoms with E-state index in [-0.39, 0.29) is 0 Å². The summed E-state index contributed by atoms with van der Waals surface area (Å²) in [6, 6.07) is 0. The van der Waals surface area contributed by atoms with Crippen LogP contribution in [0, 0.1) is 28.6 Å². The first-order valence-electron chi connectivity index (χ1n) is 6.48. The number of ketones is 1. The third kappa shape index (κ3) is 1.07. The second-order valence-corrected chi connectivity index (χ2v) is 7.06. The molecule has 0 aliphatic heterocycles. The van der Waals surface area contributed by atoms with E-state index in [9.17, 15) is 4.79 Å². The number of rotatable bonds is 0. The fraction of sp³-hybridized carbons (Fsp3) is 0.929. The van der Waals surface area contributed by atoms with E-state index in [4.69, 9.17) is 0 Å². The average Bonchev–Trinajstić information content (AvgIpc) is 2.61. The molecule has 0 saturated heterocycles. The molecule has 1 unspecified atom stereocenters. The fourth-order valence-corrected chi connectivity index (χ4v) is 5.29. The van der Waals surface area contributed by atoms with Gasteiger partial charge in [-0.15, -0.1) is 0 Å². The molecule has 0 heterocycles. The maximum absolute atomic E-state index is 12.0. The molecule has 15 heavy (non-hydrogen) atoms. The van der Waals surface area contributed by atoms with Crippen LogP contribution in [0.3, 0.4) is 0 Å². The van der Waals surface area contributed by atoms with E-state index in [1.807, 2.05) is 0 Å². The second-order valence-electron chi connectivity index (χ2n) is 7.06. The Bertz CT molecular complexity index is 317. The van der Waals surface area contributed by atoms with Crippen LogP contribution in [0.25, 0.3) is 0 Å². The highest BCUT2D eigenvalue weighted by atomic mass is 16.1. The Balaban J connectivity index is 2.04. The van der Waals surface area contributed by atoms with Gasteiger partial charge in [-0.3, -0.25) is 4.79 Å². The maximum Gasteiger partial charge on any atom is 0.136 e. The molecule has 3 fully saturated rings.